The third-order valence-electron chi connectivity index (χ3n) is 2.51. The lowest BCUT2D eigenvalue weighted by Crippen LogP contribution is -2.29. The van der Waals surface area contributed by atoms with Crippen LogP contribution in [0.15, 0.2) is 35.3 Å². The molecule has 4 heteroatoms. The first-order valence-corrected chi connectivity index (χ1v) is 6.24. The second-order valence-corrected chi connectivity index (χ2v) is 4.01. The van der Waals surface area contributed by atoms with Crippen LogP contribution in [0, 0.1) is 0 Å². The molecule has 1 aromatic rings. The van der Waals surface area contributed by atoms with E-state index in [0.29, 0.717) is 5.11 Å². The number of nitrogens with one attached hydrogen (secondary N) is 1. The Morgan fingerprint density at radius 3 is 2.35 bits per heavy atom. The molecule has 0 aromatic heterocycles. The minimum Gasteiger partial charge on any atom is -0.361 e. The molecular weight excluding hydrogens is 230 g/mol. The molecule has 0 spiro atoms. The SMILES string of the molecule is CCN(CC)/C(C)=N/C(=S)Nc1ccccc1. The van der Waals surface area contributed by atoms with Gasteiger partial charge in [-0.05, 0) is 45.1 Å². The summed E-state index contributed by atoms with van der Waals surface area (Å²) in [4.78, 5) is 6.54. The molecule has 0 aliphatic heterocycles. The van der Waals surface area contributed by atoms with E-state index in [9.17, 15) is 0 Å². The van der Waals surface area contributed by atoms with Crippen molar-refractivity contribution in [3.63, 3.8) is 0 Å². The second kappa shape index (κ2) is 7.01. The summed E-state index contributed by atoms with van der Waals surface area (Å²) in [5.74, 6) is 0.948. The number of nitrogens with zero attached hydrogens (tertiary/aromatic N) is 2. The molecular formula is C13H19N3S. The van der Waals surface area contributed by atoms with Gasteiger partial charge in [-0.2, -0.15) is 0 Å². The van der Waals surface area contributed by atoms with Crippen molar-refractivity contribution < 1.29 is 0 Å². The molecule has 0 bridgehead atoms. The molecule has 0 fully saturated rings. The molecule has 0 saturated heterocycles. The number of thiocarbonyl (C=S) groups is 1. The van der Waals surface area contributed by atoms with E-state index in [0.717, 1.165) is 24.6 Å². The summed E-state index contributed by atoms with van der Waals surface area (Å²) in [5, 5.41) is 3.59. The van der Waals surface area contributed by atoms with Crippen molar-refractivity contribution in [2.75, 3.05) is 18.4 Å². The lowest BCUT2D eigenvalue weighted by molar-refractivity contribution is 0.463. The molecule has 0 unspecified atom stereocenters. The van der Waals surface area contributed by atoms with Crippen LogP contribution in [-0.2, 0) is 0 Å². The maximum atomic E-state index is 5.20. The fourth-order valence-electron chi connectivity index (χ4n) is 1.57. The predicted molar refractivity (Wildman–Crippen MR) is 78.7 cm³/mol. The first-order valence-electron chi connectivity index (χ1n) is 5.83. The standard InChI is InChI=1S/C13H19N3S/c1-4-16(5-2)11(3)14-13(17)15-12-9-7-6-8-10-12/h6-10H,4-5H2,1-3H3,(H,15,17)/b14-11+. The van der Waals surface area contributed by atoms with Gasteiger partial charge in [-0.25, -0.2) is 4.99 Å². The third-order valence-corrected chi connectivity index (χ3v) is 2.70. The number of benzene rings is 1. The van der Waals surface area contributed by atoms with Gasteiger partial charge >= 0.3 is 0 Å². The minimum atomic E-state index is 0.501. The van der Waals surface area contributed by atoms with Crippen LogP contribution in [0.25, 0.3) is 0 Å². The number of anilines is 1. The van der Waals surface area contributed by atoms with Crippen LogP contribution in [0.1, 0.15) is 20.8 Å². The number of amidine groups is 1. The van der Waals surface area contributed by atoms with E-state index in [1.165, 1.54) is 0 Å². The summed E-state index contributed by atoms with van der Waals surface area (Å²) < 4.78 is 0. The largest absolute Gasteiger partial charge is 0.361 e. The highest BCUT2D eigenvalue weighted by molar-refractivity contribution is 7.80. The van der Waals surface area contributed by atoms with E-state index < -0.39 is 0 Å². The Kier molecular flexibility index (Phi) is 5.63. The number of hydrogen-bond acceptors (Lipinski definition) is 1. The summed E-state index contributed by atoms with van der Waals surface area (Å²) in [6.07, 6.45) is 0. The maximum Gasteiger partial charge on any atom is 0.198 e. The predicted octanol–water partition coefficient (Wildman–Crippen LogP) is 3.14. The quantitative estimate of drug-likeness (QED) is 0.506. The van der Waals surface area contributed by atoms with Gasteiger partial charge < -0.3 is 10.2 Å². The van der Waals surface area contributed by atoms with Gasteiger partial charge in [0.2, 0.25) is 0 Å². The fourth-order valence-corrected chi connectivity index (χ4v) is 1.82. The molecule has 3 nitrogen and oxygen atoms in total. The van der Waals surface area contributed by atoms with Gasteiger partial charge in [0, 0.05) is 18.8 Å². The Hall–Kier alpha value is -1.42. The van der Waals surface area contributed by atoms with Crippen molar-refractivity contribution in [3.05, 3.63) is 30.3 Å². The average molecular weight is 249 g/mol. The molecule has 0 aliphatic carbocycles. The number of para-hydroxylation sites is 1. The number of rotatable bonds is 3. The molecule has 0 saturated carbocycles. The Labute approximate surface area is 109 Å². The minimum absolute atomic E-state index is 0.501. The molecule has 92 valence electrons. The fraction of sp³-hybridized carbons (Fsp3) is 0.385. The van der Waals surface area contributed by atoms with Gasteiger partial charge in [0.15, 0.2) is 5.11 Å². The monoisotopic (exact) mass is 249 g/mol. The normalized spacial score (nSPS) is 11.1. The van der Waals surface area contributed by atoms with Crippen molar-refractivity contribution in [3.8, 4) is 0 Å². The topological polar surface area (TPSA) is 27.6 Å². The molecule has 0 heterocycles. The highest BCUT2D eigenvalue weighted by atomic mass is 32.1. The van der Waals surface area contributed by atoms with Gasteiger partial charge in [0.1, 0.15) is 5.84 Å². The van der Waals surface area contributed by atoms with Gasteiger partial charge in [0.25, 0.3) is 0 Å². The van der Waals surface area contributed by atoms with Crippen molar-refractivity contribution >= 4 is 28.9 Å². The van der Waals surface area contributed by atoms with Crippen LogP contribution in [0.2, 0.25) is 0 Å². The van der Waals surface area contributed by atoms with Crippen LogP contribution in [-0.4, -0.2) is 28.9 Å². The van der Waals surface area contributed by atoms with Gasteiger partial charge in [-0.15, -0.1) is 0 Å². The van der Waals surface area contributed by atoms with Crippen molar-refractivity contribution in [2.24, 2.45) is 4.99 Å². The molecule has 1 aromatic carbocycles. The van der Waals surface area contributed by atoms with Gasteiger partial charge in [0.05, 0.1) is 0 Å². The van der Waals surface area contributed by atoms with Crippen LogP contribution >= 0.6 is 12.2 Å². The summed E-state index contributed by atoms with van der Waals surface area (Å²) in [6.45, 7) is 8.08. The number of aliphatic imine (C=N–C) groups is 1. The summed E-state index contributed by atoms with van der Waals surface area (Å²) >= 11 is 5.20. The van der Waals surface area contributed by atoms with E-state index in [-0.39, 0.29) is 0 Å². The van der Waals surface area contributed by atoms with Gasteiger partial charge in [-0.1, -0.05) is 18.2 Å². The van der Waals surface area contributed by atoms with Crippen molar-refractivity contribution in [2.45, 2.75) is 20.8 Å². The Morgan fingerprint density at radius 1 is 1.24 bits per heavy atom. The third kappa shape index (κ3) is 4.53. The Morgan fingerprint density at radius 2 is 1.82 bits per heavy atom. The second-order valence-electron chi connectivity index (χ2n) is 3.63. The molecule has 0 radical (unpaired) electrons. The Bertz CT molecular complexity index is 383. The first kappa shape index (κ1) is 13.6. The molecule has 1 rings (SSSR count). The lowest BCUT2D eigenvalue weighted by atomic mass is 10.3. The average Bonchev–Trinajstić information content (AvgIpc) is 2.31. The van der Waals surface area contributed by atoms with E-state index >= 15 is 0 Å². The summed E-state index contributed by atoms with van der Waals surface area (Å²) in [7, 11) is 0. The molecule has 0 amide bonds. The lowest BCUT2D eigenvalue weighted by Gasteiger charge is -2.20. The van der Waals surface area contributed by atoms with E-state index in [2.05, 4.69) is 29.1 Å². The molecule has 17 heavy (non-hydrogen) atoms. The molecule has 0 aliphatic rings. The highest BCUT2D eigenvalue weighted by Crippen LogP contribution is 2.05. The van der Waals surface area contributed by atoms with Crippen molar-refractivity contribution in [1.29, 1.82) is 0 Å². The number of hydrogen-bond donors (Lipinski definition) is 1. The summed E-state index contributed by atoms with van der Waals surface area (Å²) in [5.41, 5.74) is 0.966. The van der Waals surface area contributed by atoms with E-state index in [1.54, 1.807) is 0 Å². The van der Waals surface area contributed by atoms with Crippen LogP contribution < -0.4 is 5.32 Å². The highest BCUT2D eigenvalue weighted by Gasteiger charge is 2.02. The van der Waals surface area contributed by atoms with Crippen LogP contribution in [0.3, 0.4) is 0 Å². The first-order chi connectivity index (χ1) is 8.17. The maximum absolute atomic E-state index is 5.20. The van der Waals surface area contributed by atoms with E-state index in [1.807, 2.05) is 37.3 Å². The molecule has 0 atom stereocenters. The zero-order valence-corrected chi connectivity index (χ0v) is 11.4. The van der Waals surface area contributed by atoms with Crippen LogP contribution in [0.5, 0.6) is 0 Å². The smallest absolute Gasteiger partial charge is 0.198 e. The summed E-state index contributed by atoms with van der Waals surface area (Å²) in [6, 6.07) is 9.83. The van der Waals surface area contributed by atoms with E-state index in [4.69, 9.17) is 12.2 Å². The zero-order chi connectivity index (χ0) is 12.7. The molecule has 1 N–H and O–H groups in total. The Balaban J connectivity index is 2.63. The van der Waals surface area contributed by atoms with Crippen molar-refractivity contribution in [1.82, 2.24) is 4.90 Å². The van der Waals surface area contributed by atoms with Crippen LogP contribution in [0.4, 0.5) is 5.69 Å². The zero-order valence-electron chi connectivity index (χ0n) is 10.6. The van der Waals surface area contributed by atoms with Gasteiger partial charge in [-0.3, -0.25) is 0 Å².